The lowest BCUT2D eigenvalue weighted by Gasteiger charge is -2.12. The first-order valence-corrected chi connectivity index (χ1v) is 4.93. The maximum Gasteiger partial charge on any atom is 0.314 e. The molecule has 0 aliphatic carbocycles. The molecule has 0 saturated carbocycles. The van der Waals surface area contributed by atoms with Crippen LogP contribution in [0.5, 0.6) is 11.5 Å². The van der Waals surface area contributed by atoms with Crippen LogP contribution in [0.3, 0.4) is 0 Å². The van der Waals surface area contributed by atoms with Crippen molar-refractivity contribution in [3.05, 3.63) is 40.0 Å². The molecule has 4 N–H and O–H groups in total. The number of aromatic hydroxyl groups is 2. The van der Waals surface area contributed by atoms with E-state index in [0.29, 0.717) is 12.0 Å². The standard InChI is InChI=1S/C11H14N2O4.ClH/c1-6(2)3-8(12)7-4-9(13(16)17)11(15)10(14)5-7;/h4-5,8,14-15H,1,3,12H2,2H3;1H/t8-;/m1./s1. The molecule has 100 valence electrons. The summed E-state index contributed by atoms with van der Waals surface area (Å²) in [5.41, 5.74) is 6.46. The first kappa shape index (κ1) is 16.2. The van der Waals surface area contributed by atoms with Gasteiger partial charge in [0.15, 0.2) is 5.75 Å². The normalized spacial score (nSPS) is 11.4. The molecular formula is C11H15ClN2O4. The van der Waals surface area contributed by atoms with E-state index >= 15 is 0 Å². The SMILES string of the molecule is C=C(C)C[C@@H](N)c1cc(O)c(O)c([N+](=O)[O-])c1.Cl. The van der Waals surface area contributed by atoms with E-state index in [1.807, 2.05) is 0 Å². The first-order valence-electron chi connectivity index (χ1n) is 4.93. The van der Waals surface area contributed by atoms with Crippen molar-refractivity contribution in [1.82, 2.24) is 0 Å². The Labute approximate surface area is 110 Å². The summed E-state index contributed by atoms with van der Waals surface area (Å²) < 4.78 is 0. The average molecular weight is 275 g/mol. The van der Waals surface area contributed by atoms with Crippen LogP contribution in [0, 0.1) is 10.1 Å². The zero-order valence-corrected chi connectivity index (χ0v) is 10.6. The van der Waals surface area contributed by atoms with Crippen molar-refractivity contribution in [2.75, 3.05) is 0 Å². The van der Waals surface area contributed by atoms with Gasteiger partial charge in [0.1, 0.15) is 0 Å². The molecule has 0 bridgehead atoms. The van der Waals surface area contributed by atoms with Crippen LogP contribution in [0.25, 0.3) is 0 Å². The Morgan fingerprint density at radius 1 is 1.56 bits per heavy atom. The zero-order valence-electron chi connectivity index (χ0n) is 9.79. The van der Waals surface area contributed by atoms with Crippen molar-refractivity contribution >= 4 is 18.1 Å². The lowest BCUT2D eigenvalue weighted by Crippen LogP contribution is -2.10. The van der Waals surface area contributed by atoms with Crippen molar-refractivity contribution in [3.63, 3.8) is 0 Å². The highest BCUT2D eigenvalue weighted by Gasteiger charge is 2.21. The number of phenols is 2. The number of nitrogens with two attached hydrogens (primary N) is 1. The number of nitro benzene ring substituents is 1. The van der Waals surface area contributed by atoms with Gasteiger partial charge in [0.25, 0.3) is 0 Å². The van der Waals surface area contributed by atoms with Crippen molar-refractivity contribution in [2.45, 2.75) is 19.4 Å². The van der Waals surface area contributed by atoms with Crippen LogP contribution in [0.2, 0.25) is 0 Å². The summed E-state index contributed by atoms with van der Waals surface area (Å²) in [5.74, 6) is -1.30. The summed E-state index contributed by atoms with van der Waals surface area (Å²) in [6.07, 6.45) is 0.446. The fourth-order valence-electron chi connectivity index (χ4n) is 1.47. The molecule has 1 aromatic carbocycles. The second-order valence-corrected chi connectivity index (χ2v) is 3.93. The molecule has 0 amide bonds. The van der Waals surface area contributed by atoms with Crippen LogP contribution in [0.4, 0.5) is 5.69 Å². The molecule has 6 nitrogen and oxygen atoms in total. The fraction of sp³-hybridized carbons (Fsp3) is 0.273. The number of nitrogens with zero attached hydrogens (tertiary/aromatic N) is 1. The summed E-state index contributed by atoms with van der Waals surface area (Å²) in [5, 5.41) is 29.3. The molecule has 0 radical (unpaired) electrons. The number of benzene rings is 1. The molecule has 0 fully saturated rings. The predicted molar refractivity (Wildman–Crippen MR) is 70.0 cm³/mol. The number of hydrogen-bond acceptors (Lipinski definition) is 5. The Kier molecular flexibility index (Phi) is 5.61. The smallest absolute Gasteiger partial charge is 0.314 e. The summed E-state index contributed by atoms with van der Waals surface area (Å²) in [6, 6.07) is 1.87. The Hall–Kier alpha value is -1.79. The summed E-state index contributed by atoms with van der Waals surface area (Å²) in [7, 11) is 0. The van der Waals surface area contributed by atoms with Gasteiger partial charge in [-0.1, -0.05) is 5.57 Å². The van der Waals surface area contributed by atoms with Gasteiger partial charge in [-0.2, -0.15) is 0 Å². The van der Waals surface area contributed by atoms with Crippen molar-refractivity contribution in [3.8, 4) is 11.5 Å². The quantitative estimate of drug-likeness (QED) is 0.338. The third-order valence-corrected chi connectivity index (χ3v) is 2.29. The molecule has 0 heterocycles. The van der Waals surface area contributed by atoms with Crippen LogP contribution < -0.4 is 5.73 Å². The Morgan fingerprint density at radius 3 is 2.56 bits per heavy atom. The van der Waals surface area contributed by atoms with Gasteiger partial charge in [0, 0.05) is 12.1 Å². The fourth-order valence-corrected chi connectivity index (χ4v) is 1.47. The topological polar surface area (TPSA) is 110 Å². The number of rotatable bonds is 4. The third kappa shape index (κ3) is 3.61. The van der Waals surface area contributed by atoms with Crippen molar-refractivity contribution in [1.29, 1.82) is 0 Å². The third-order valence-electron chi connectivity index (χ3n) is 2.29. The maximum atomic E-state index is 10.6. The molecule has 7 heteroatoms. The minimum absolute atomic E-state index is 0. The number of phenolic OH excluding ortho intramolecular Hbond substituents is 2. The molecule has 0 saturated heterocycles. The van der Waals surface area contributed by atoms with Crippen LogP contribution >= 0.6 is 12.4 Å². The van der Waals surface area contributed by atoms with Gasteiger partial charge in [-0.25, -0.2) is 0 Å². The van der Waals surface area contributed by atoms with E-state index in [0.717, 1.165) is 11.6 Å². The van der Waals surface area contributed by atoms with Gasteiger partial charge in [-0.15, -0.1) is 19.0 Å². The maximum absolute atomic E-state index is 10.6. The second kappa shape index (κ2) is 6.23. The van der Waals surface area contributed by atoms with Crippen molar-refractivity contribution < 1.29 is 15.1 Å². The Bertz CT molecular complexity index is 476. The van der Waals surface area contributed by atoms with Crippen LogP contribution in [-0.4, -0.2) is 15.1 Å². The summed E-state index contributed by atoms with van der Waals surface area (Å²) in [4.78, 5) is 9.88. The van der Waals surface area contributed by atoms with E-state index < -0.39 is 28.2 Å². The molecule has 0 aliphatic heterocycles. The number of halogens is 1. The molecule has 1 atom stereocenters. The zero-order chi connectivity index (χ0) is 13.2. The van der Waals surface area contributed by atoms with E-state index in [1.165, 1.54) is 6.07 Å². The van der Waals surface area contributed by atoms with E-state index in [9.17, 15) is 20.3 Å². The van der Waals surface area contributed by atoms with Gasteiger partial charge in [0.05, 0.1) is 4.92 Å². The van der Waals surface area contributed by atoms with Crippen LogP contribution in [0.15, 0.2) is 24.3 Å². The first-order chi connectivity index (χ1) is 7.82. The second-order valence-electron chi connectivity index (χ2n) is 3.93. The molecule has 1 aromatic rings. The number of nitro groups is 1. The van der Waals surface area contributed by atoms with Gasteiger partial charge in [0.2, 0.25) is 5.75 Å². The molecule has 0 unspecified atom stereocenters. The van der Waals surface area contributed by atoms with Gasteiger partial charge < -0.3 is 15.9 Å². The minimum atomic E-state index is -0.772. The van der Waals surface area contributed by atoms with Gasteiger partial charge >= 0.3 is 5.69 Å². The van der Waals surface area contributed by atoms with E-state index in [4.69, 9.17) is 5.73 Å². The van der Waals surface area contributed by atoms with Crippen LogP contribution in [-0.2, 0) is 0 Å². The Morgan fingerprint density at radius 2 is 2.11 bits per heavy atom. The molecular weight excluding hydrogens is 260 g/mol. The summed E-state index contributed by atoms with van der Waals surface area (Å²) >= 11 is 0. The van der Waals surface area contributed by atoms with Gasteiger partial charge in [-0.05, 0) is 25.0 Å². The Balaban J connectivity index is 0.00000289. The molecule has 0 aliphatic rings. The average Bonchev–Trinajstić information content (AvgIpc) is 2.20. The highest BCUT2D eigenvalue weighted by molar-refractivity contribution is 5.85. The largest absolute Gasteiger partial charge is 0.504 e. The highest BCUT2D eigenvalue weighted by Crippen LogP contribution is 2.38. The van der Waals surface area contributed by atoms with Gasteiger partial charge in [-0.3, -0.25) is 10.1 Å². The number of hydrogen-bond donors (Lipinski definition) is 3. The monoisotopic (exact) mass is 274 g/mol. The van der Waals surface area contributed by atoms with E-state index in [-0.39, 0.29) is 12.4 Å². The van der Waals surface area contributed by atoms with E-state index in [2.05, 4.69) is 6.58 Å². The lowest BCUT2D eigenvalue weighted by molar-refractivity contribution is -0.386. The van der Waals surface area contributed by atoms with Crippen LogP contribution in [0.1, 0.15) is 24.9 Å². The molecule has 18 heavy (non-hydrogen) atoms. The predicted octanol–water partition coefficient (Wildman–Crippen LogP) is 2.39. The summed E-state index contributed by atoms with van der Waals surface area (Å²) in [6.45, 7) is 5.48. The van der Waals surface area contributed by atoms with Crippen molar-refractivity contribution in [2.24, 2.45) is 5.73 Å². The molecule has 1 rings (SSSR count). The highest BCUT2D eigenvalue weighted by atomic mass is 35.5. The van der Waals surface area contributed by atoms with E-state index in [1.54, 1.807) is 6.92 Å². The molecule has 0 aromatic heterocycles. The lowest BCUT2D eigenvalue weighted by atomic mass is 10.00. The molecule has 0 spiro atoms. The minimum Gasteiger partial charge on any atom is -0.504 e.